The Balaban J connectivity index is 2.90. The van der Waals surface area contributed by atoms with Crippen molar-refractivity contribution in [3.63, 3.8) is 0 Å². The first-order valence-corrected chi connectivity index (χ1v) is 6.26. The van der Waals surface area contributed by atoms with Gasteiger partial charge < -0.3 is 22.1 Å². The first kappa shape index (κ1) is 15.1. The summed E-state index contributed by atoms with van der Waals surface area (Å²) in [5.74, 6) is -2.06. The average Bonchev–Trinajstić information content (AvgIpc) is 2.75. The van der Waals surface area contributed by atoms with E-state index in [1.54, 1.807) is 6.92 Å². The molecule has 0 radical (unpaired) electrons. The van der Waals surface area contributed by atoms with E-state index in [4.69, 9.17) is 17.2 Å². The van der Waals surface area contributed by atoms with Crippen molar-refractivity contribution in [2.45, 2.75) is 13.0 Å². The van der Waals surface area contributed by atoms with Gasteiger partial charge in [0.2, 0.25) is 11.8 Å². The van der Waals surface area contributed by atoms with Crippen LogP contribution in [0.5, 0.6) is 0 Å². The van der Waals surface area contributed by atoms with Gasteiger partial charge >= 0.3 is 0 Å². The third-order valence-electron chi connectivity index (χ3n) is 2.11. The Kier molecular flexibility index (Phi) is 4.95. The summed E-state index contributed by atoms with van der Waals surface area (Å²) in [6.45, 7) is 0.942. The molecule has 0 spiro atoms. The van der Waals surface area contributed by atoms with Gasteiger partial charge in [-0.25, -0.2) is 4.98 Å². The van der Waals surface area contributed by atoms with Gasteiger partial charge in [0.1, 0.15) is 23.8 Å². The molecule has 19 heavy (non-hydrogen) atoms. The van der Waals surface area contributed by atoms with Gasteiger partial charge in [0.15, 0.2) is 0 Å². The van der Waals surface area contributed by atoms with E-state index in [-0.39, 0.29) is 11.7 Å². The van der Waals surface area contributed by atoms with Gasteiger partial charge in [0.25, 0.3) is 5.91 Å². The molecule has 1 aromatic rings. The number of amides is 3. The number of carbonyl (C=O) groups excluding carboxylic acids is 3. The Hall–Kier alpha value is -2.00. The molecular formula is C10H15N5O3S. The Morgan fingerprint density at radius 1 is 1.32 bits per heavy atom. The number of aromatic nitrogens is 1. The minimum Gasteiger partial charge on any atom is -0.368 e. The Morgan fingerprint density at radius 2 is 1.84 bits per heavy atom. The van der Waals surface area contributed by atoms with Crippen LogP contribution in [0.4, 0.5) is 0 Å². The second kappa shape index (κ2) is 6.25. The van der Waals surface area contributed by atoms with Gasteiger partial charge in [0.05, 0.1) is 6.04 Å². The zero-order valence-corrected chi connectivity index (χ0v) is 11.1. The largest absolute Gasteiger partial charge is 0.368 e. The van der Waals surface area contributed by atoms with Gasteiger partial charge in [-0.05, 0) is 6.92 Å². The first-order chi connectivity index (χ1) is 8.81. The van der Waals surface area contributed by atoms with Crippen LogP contribution >= 0.6 is 11.3 Å². The molecule has 1 unspecified atom stereocenters. The highest BCUT2D eigenvalue weighted by Gasteiger charge is 2.22. The summed E-state index contributed by atoms with van der Waals surface area (Å²) >= 11 is 1.23. The van der Waals surface area contributed by atoms with Gasteiger partial charge in [-0.15, -0.1) is 11.3 Å². The topological polar surface area (TPSA) is 145 Å². The maximum atomic E-state index is 12.1. The number of hydrogen-bond donors (Lipinski definition) is 3. The van der Waals surface area contributed by atoms with Crippen LogP contribution in [0.1, 0.15) is 28.5 Å². The fourth-order valence-corrected chi connectivity index (χ4v) is 2.08. The Labute approximate surface area is 113 Å². The van der Waals surface area contributed by atoms with Gasteiger partial charge in [-0.1, -0.05) is 0 Å². The number of nitrogens with zero attached hydrogens (tertiary/aromatic N) is 2. The lowest BCUT2D eigenvalue weighted by Gasteiger charge is -2.18. The summed E-state index contributed by atoms with van der Waals surface area (Å²) in [7, 11) is 0. The molecule has 9 heteroatoms. The molecule has 0 bridgehead atoms. The number of rotatable bonds is 6. The molecule has 8 nitrogen and oxygen atoms in total. The van der Waals surface area contributed by atoms with Gasteiger partial charge in [-0.3, -0.25) is 14.4 Å². The highest BCUT2D eigenvalue weighted by Crippen LogP contribution is 2.17. The van der Waals surface area contributed by atoms with Crippen molar-refractivity contribution in [1.29, 1.82) is 0 Å². The fourth-order valence-electron chi connectivity index (χ4n) is 1.33. The third kappa shape index (κ3) is 4.30. The number of carbonyl (C=O) groups is 3. The maximum absolute atomic E-state index is 12.1. The average molecular weight is 285 g/mol. The summed E-state index contributed by atoms with van der Waals surface area (Å²) in [5, 5.41) is 2.09. The molecule has 0 aliphatic carbocycles. The summed E-state index contributed by atoms with van der Waals surface area (Å²) in [5.41, 5.74) is 15.8. The quantitative estimate of drug-likeness (QED) is 0.587. The second-order valence-corrected chi connectivity index (χ2v) is 4.84. The van der Waals surface area contributed by atoms with Crippen molar-refractivity contribution in [2.24, 2.45) is 17.2 Å². The smallest absolute Gasteiger partial charge is 0.274 e. The molecule has 0 aliphatic heterocycles. The van der Waals surface area contributed by atoms with Crippen LogP contribution in [-0.4, -0.2) is 40.7 Å². The van der Waals surface area contributed by atoms with E-state index in [0.29, 0.717) is 5.01 Å². The van der Waals surface area contributed by atoms with Crippen LogP contribution in [0.3, 0.4) is 0 Å². The molecule has 6 N–H and O–H groups in total. The Morgan fingerprint density at radius 3 is 2.21 bits per heavy atom. The van der Waals surface area contributed by atoms with E-state index in [1.165, 1.54) is 16.7 Å². The molecule has 0 fully saturated rings. The molecule has 0 aliphatic rings. The number of nitrogens with two attached hydrogens (primary N) is 3. The molecule has 0 aromatic carbocycles. The zero-order chi connectivity index (χ0) is 14.6. The SMILES string of the molecule is CC(N)c1nc(C(=O)N(CC(N)=O)CC(N)=O)cs1. The van der Waals surface area contributed by atoms with Gasteiger partial charge in [-0.2, -0.15) is 0 Å². The molecule has 0 saturated carbocycles. The fraction of sp³-hybridized carbons (Fsp3) is 0.400. The molecule has 1 heterocycles. The van der Waals surface area contributed by atoms with E-state index < -0.39 is 30.8 Å². The van der Waals surface area contributed by atoms with E-state index in [0.717, 1.165) is 4.90 Å². The molecule has 1 atom stereocenters. The van der Waals surface area contributed by atoms with Crippen molar-refractivity contribution in [2.75, 3.05) is 13.1 Å². The van der Waals surface area contributed by atoms with E-state index in [9.17, 15) is 14.4 Å². The van der Waals surface area contributed by atoms with Crippen LogP contribution in [0, 0.1) is 0 Å². The van der Waals surface area contributed by atoms with Crippen LogP contribution in [0.2, 0.25) is 0 Å². The van der Waals surface area contributed by atoms with Crippen molar-refractivity contribution >= 4 is 29.1 Å². The molecule has 1 rings (SSSR count). The zero-order valence-electron chi connectivity index (χ0n) is 10.3. The van der Waals surface area contributed by atoms with Crippen LogP contribution < -0.4 is 17.2 Å². The highest BCUT2D eigenvalue weighted by atomic mass is 32.1. The lowest BCUT2D eigenvalue weighted by atomic mass is 10.3. The van der Waals surface area contributed by atoms with Gasteiger partial charge in [0, 0.05) is 5.38 Å². The normalized spacial score (nSPS) is 11.9. The van der Waals surface area contributed by atoms with E-state index >= 15 is 0 Å². The van der Waals surface area contributed by atoms with E-state index in [2.05, 4.69) is 4.98 Å². The minimum atomic E-state index is -0.739. The summed E-state index contributed by atoms with van der Waals surface area (Å²) in [6.07, 6.45) is 0. The summed E-state index contributed by atoms with van der Waals surface area (Å²) in [4.78, 5) is 38.8. The monoisotopic (exact) mass is 285 g/mol. The standard InChI is InChI=1S/C10H15N5O3S/c1-5(11)9-14-6(4-19-9)10(18)15(2-7(12)16)3-8(13)17/h4-5H,2-3,11H2,1H3,(H2,12,16)(H2,13,17). The molecular weight excluding hydrogens is 270 g/mol. The van der Waals surface area contributed by atoms with Crippen LogP contribution in [0.25, 0.3) is 0 Å². The summed E-state index contributed by atoms with van der Waals surface area (Å²) < 4.78 is 0. The van der Waals surface area contributed by atoms with Crippen molar-refractivity contribution in [3.05, 3.63) is 16.1 Å². The molecule has 104 valence electrons. The lowest BCUT2D eigenvalue weighted by Crippen LogP contribution is -2.43. The summed E-state index contributed by atoms with van der Waals surface area (Å²) in [6, 6.07) is -0.299. The maximum Gasteiger partial charge on any atom is 0.274 e. The Bertz CT molecular complexity index is 483. The minimum absolute atomic E-state index is 0.111. The number of primary amides is 2. The second-order valence-electron chi connectivity index (χ2n) is 3.95. The van der Waals surface area contributed by atoms with Crippen LogP contribution in [-0.2, 0) is 9.59 Å². The molecule has 3 amide bonds. The first-order valence-electron chi connectivity index (χ1n) is 5.38. The molecule has 1 aromatic heterocycles. The van der Waals surface area contributed by atoms with Crippen molar-refractivity contribution < 1.29 is 14.4 Å². The predicted octanol–water partition coefficient (Wildman–Crippen LogP) is -1.42. The highest BCUT2D eigenvalue weighted by molar-refractivity contribution is 7.09. The predicted molar refractivity (Wildman–Crippen MR) is 69.0 cm³/mol. The van der Waals surface area contributed by atoms with Crippen LogP contribution in [0.15, 0.2) is 5.38 Å². The molecule has 0 saturated heterocycles. The van der Waals surface area contributed by atoms with E-state index in [1.807, 2.05) is 0 Å². The number of thiazole rings is 1. The lowest BCUT2D eigenvalue weighted by molar-refractivity contribution is -0.121. The van der Waals surface area contributed by atoms with Crippen molar-refractivity contribution in [1.82, 2.24) is 9.88 Å². The van der Waals surface area contributed by atoms with Crippen molar-refractivity contribution in [3.8, 4) is 0 Å². The number of hydrogen-bond acceptors (Lipinski definition) is 6. The third-order valence-corrected chi connectivity index (χ3v) is 3.16.